The Bertz CT molecular complexity index is 352. The molecule has 0 saturated heterocycles. The fraction of sp³-hybridized carbons (Fsp3) is 0.643. The van der Waals surface area contributed by atoms with Gasteiger partial charge in [-0.15, -0.1) is 0 Å². The normalized spacial score (nSPS) is 38.5. The van der Waals surface area contributed by atoms with Crippen LogP contribution in [-0.4, -0.2) is 4.98 Å². The van der Waals surface area contributed by atoms with Gasteiger partial charge in [-0.25, -0.2) is 0 Å². The molecule has 1 heterocycles. The highest BCUT2D eigenvalue weighted by Crippen LogP contribution is 2.55. The molecule has 1 aromatic rings. The SMILES string of the molecule is Cc1ccc(C2CC3CC2CC3C)cn1. The average molecular weight is 201 g/mol. The highest BCUT2D eigenvalue weighted by atomic mass is 14.7. The predicted molar refractivity (Wildman–Crippen MR) is 61.7 cm³/mol. The Morgan fingerprint density at radius 3 is 2.53 bits per heavy atom. The van der Waals surface area contributed by atoms with Crippen LogP contribution >= 0.6 is 0 Å². The molecule has 2 saturated carbocycles. The first kappa shape index (κ1) is 9.38. The Morgan fingerprint density at radius 2 is 2.00 bits per heavy atom. The van der Waals surface area contributed by atoms with Crippen molar-refractivity contribution in [1.29, 1.82) is 0 Å². The molecule has 2 fully saturated rings. The van der Waals surface area contributed by atoms with Crippen molar-refractivity contribution in [3.05, 3.63) is 29.6 Å². The van der Waals surface area contributed by atoms with Crippen molar-refractivity contribution < 1.29 is 0 Å². The van der Waals surface area contributed by atoms with Crippen LogP contribution in [-0.2, 0) is 0 Å². The van der Waals surface area contributed by atoms with Crippen molar-refractivity contribution in [2.75, 3.05) is 0 Å². The van der Waals surface area contributed by atoms with E-state index in [4.69, 9.17) is 0 Å². The first-order valence-electron chi connectivity index (χ1n) is 6.16. The number of aryl methyl sites for hydroxylation is 1. The van der Waals surface area contributed by atoms with Gasteiger partial charge >= 0.3 is 0 Å². The zero-order valence-corrected chi connectivity index (χ0v) is 9.61. The lowest BCUT2D eigenvalue weighted by Crippen LogP contribution is -2.14. The lowest BCUT2D eigenvalue weighted by atomic mass is 9.80. The predicted octanol–water partition coefficient (Wildman–Crippen LogP) is 3.54. The number of aromatic nitrogens is 1. The molecule has 0 aromatic carbocycles. The van der Waals surface area contributed by atoms with Crippen LogP contribution in [0, 0.1) is 24.7 Å². The fourth-order valence-corrected chi connectivity index (χ4v) is 3.67. The van der Waals surface area contributed by atoms with Crippen LogP contribution < -0.4 is 0 Å². The van der Waals surface area contributed by atoms with Gasteiger partial charge in [0.05, 0.1) is 0 Å². The van der Waals surface area contributed by atoms with E-state index in [0.717, 1.165) is 29.4 Å². The summed E-state index contributed by atoms with van der Waals surface area (Å²) in [5.41, 5.74) is 2.62. The van der Waals surface area contributed by atoms with Gasteiger partial charge in [0, 0.05) is 11.9 Å². The third-order valence-electron chi connectivity index (χ3n) is 4.57. The van der Waals surface area contributed by atoms with Crippen molar-refractivity contribution in [3.63, 3.8) is 0 Å². The molecule has 1 nitrogen and oxygen atoms in total. The van der Waals surface area contributed by atoms with Crippen molar-refractivity contribution in [3.8, 4) is 0 Å². The van der Waals surface area contributed by atoms with Gasteiger partial charge in [-0.2, -0.15) is 0 Å². The van der Waals surface area contributed by atoms with Crippen molar-refractivity contribution in [1.82, 2.24) is 4.98 Å². The number of hydrogen-bond acceptors (Lipinski definition) is 1. The number of hydrogen-bond donors (Lipinski definition) is 0. The van der Waals surface area contributed by atoms with Gasteiger partial charge in [0.25, 0.3) is 0 Å². The van der Waals surface area contributed by atoms with E-state index in [9.17, 15) is 0 Å². The van der Waals surface area contributed by atoms with Gasteiger partial charge in [-0.1, -0.05) is 13.0 Å². The maximum atomic E-state index is 4.43. The van der Waals surface area contributed by atoms with Gasteiger partial charge in [-0.05, 0) is 61.5 Å². The summed E-state index contributed by atoms with van der Waals surface area (Å²) in [6.07, 6.45) is 6.44. The Balaban J connectivity index is 1.83. The van der Waals surface area contributed by atoms with Crippen LogP contribution in [0.1, 0.15) is 43.4 Å². The second kappa shape index (κ2) is 3.33. The van der Waals surface area contributed by atoms with E-state index >= 15 is 0 Å². The van der Waals surface area contributed by atoms with Crippen LogP contribution in [0.3, 0.4) is 0 Å². The summed E-state index contributed by atoms with van der Waals surface area (Å²) in [5, 5.41) is 0. The average Bonchev–Trinajstić information content (AvgIpc) is 2.77. The third-order valence-corrected chi connectivity index (χ3v) is 4.57. The highest BCUT2D eigenvalue weighted by molar-refractivity contribution is 5.21. The number of nitrogens with zero attached hydrogens (tertiary/aromatic N) is 1. The molecule has 2 aliphatic carbocycles. The van der Waals surface area contributed by atoms with Crippen LogP contribution in [0.2, 0.25) is 0 Å². The number of fused-ring (bicyclic) bond motifs is 2. The summed E-state index contributed by atoms with van der Waals surface area (Å²) < 4.78 is 0. The first-order chi connectivity index (χ1) is 7.24. The molecular weight excluding hydrogens is 182 g/mol. The highest BCUT2D eigenvalue weighted by Gasteiger charge is 2.44. The van der Waals surface area contributed by atoms with Gasteiger partial charge in [0.15, 0.2) is 0 Å². The smallest absolute Gasteiger partial charge is 0.0372 e. The molecule has 0 spiro atoms. The fourth-order valence-electron chi connectivity index (χ4n) is 3.67. The van der Waals surface area contributed by atoms with E-state index < -0.39 is 0 Å². The zero-order chi connectivity index (χ0) is 10.4. The van der Waals surface area contributed by atoms with Gasteiger partial charge in [-0.3, -0.25) is 4.98 Å². The van der Waals surface area contributed by atoms with Crippen LogP contribution in [0.4, 0.5) is 0 Å². The third kappa shape index (κ3) is 1.49. The molecule has 2 aliphatic rings. The largest absolute Gasteiger partial charge is 0.261 e. The molecule has 3 rings (SSSR count). The molecule has 0 N–H and O–H groups in total. The summed E-state index contributed by atoms with van der Waals surface area (Å²) in [7, 11) is 0. The van der Waals surface area contributed by atoms with Crippen molar-refractivity contribution >= 4 is 0 Å². The number of pyridine rings is 1. The quantitative estimate of drug-likeness (QED) is 0.677. The van der Waals surface area contributed by atoms with E-state index in [1.165, 1.54) is 24.8 Å². The minimum atomic E-state index is 0.819. The lowest BCUT2D eigenvalue weighted by Gasteiger charge is -2.25. The summed E-state index contributed by atoms with van der Waals surface area (Å²) >= 11 is 0. The maximum Gasteiger partial charge on any atom is 0.0372 e. The summed E-state index contributed by atoms with van der Waals surface area (Å²) in [6.45, 7) is 4.49. The van der Waals surface area contributed by atoms with Crippen molar-refractivity contribution in [2.45, 2.75) is 39.0 Å². The van der Waals surface area contributed by atoms with Crippen molar-refractivity contribution in [2.24, 2.45) is 17.8 Å². The minimum absolute atomic E-state index is 0.819. The standard InChI is InChI=1S/C14H19N/c1-9-5-13-6-12(9)7-14(13)11-4-3-10(2)15-8-11/h3-4,8-9,12-14H,5-7H2,1-2H3. The van der Waals surface area contributed by atoms with Gasteiger partial charge < -0.3 is 0 Å². The van der Waals surface area contributed by atoms with Crippen LogP contribution in [0.25, 0.3) is 0 Å². The first-order valence-corrected chi connectivity index (χ1v) is 6.16. The molecule has 15 heavy (non-hydrogen) atoms. The Kier molecular flexibility index (Phi) is 2.08. The molecule has 2 bridgehead atoms. The summed E-state index contributed by atoms with van der Waals surface area (Å²) in [4.78, 5) is 4.43. The van der Waals surface area contributed by atoms with Crippen LogP contribution in [0.15, 0.2) is 18.3 Å². The zero-order valence-electron chi connectivity index (χ0n) is 9.61. The summed E-state index contributed by atoms with van der Waals surface area (Å²) in [6, 6.07) is 4.45. The molecular formula is C14H19N. The minimum Gasteiger partial charge on any atom is -0.261 e. The molecule has 80 valence electrons. The molecule has 4 atom stereocenters. The second-order valence-electron chi connectivity index (χ2n) is 5.54. The molecule has 0 radical (unpaired) electrons. The maximum absolute atomic E-state index is 4.43. The van der Waals surface area contributed by atoms with E-state index in [-0.39, 0.29) is 0 Å². The molecule has 1 aromatic heterocycles. The number of rotatable bonds is 1. The van der Waals surface area contributed by atoms with Gasteiger partial charge in [0.1, 0.15) is 0 Å². The Hall–Kier alpha value is -0.850. The monoisotopic (exact) mass is 201 g/mol. The van der Waals surface area contributed by atoms with E-state index in [2.05, 4.69) is 37.2 Å². The molecule has 4 unspecified atom stereocenters. The lowest BCUT2D eigenvalue weighted by molar-refractivity contribution is 0.327. The topological polar surface area (TPSA) is 12.9 Å². The Morgan fingerprint density at radius 1 is 1.13 bits per heavy atom. The van der Waals surface area contributed by atoms with E-state index in [0.29, 0.717) is 0 Å². The van der Waals surface area contributed by atoms with E-state index in [1.54, 1.807) is 0 Å². The Labute approximate surface area is 91.9 Å². The molecule has 0 aliphatic heterocycles. The molecule has 1 heteroatoms. The van der Waals surface area contributed by atoms with Gasteiger partial charge in [0.2, 0.25) is 0 Å². The second-order valence-corrected chi connectivity index (χ2v) is 5.54. The molecule has 0 amide bonds. The van der Waals surface area contributed by atoms with Crippen LogP contribution in [0.5, 0.6) is 0 Å². The van der Waals surface area contributed by atoms with E-state index in [1.807, 2.05) is 0 Å². The summed E-state index contributed by atoms with van der Waals surface area (Å²) in [5.74, 6) is 3.75.